The third-order valence-corrected chi connectivity index (χ3v) is 4.86. The van der Waals surface area contributed by atoms with Crippen LogP contribution < -0.4 is 10.9 Å². The highest BCUT2D eigenvalue weighted by atomic mass is 16.2. The van der Waals surface area contributed by atoms with Crippen LogP contribution in [0.4, 0.5) is 5.95 Å². The highest BCUT2D eigenvalue weighted by Crippen LogP contribution is 2.39. The maximum absolute atomic E-state index is 12.6. The van der Waals surface area contributed by atoms with Crippen LogP contribution in [0.25, 0.3) is 16.6 Å². The summed E-state index contributed by atoms with van der Waals surface area (Å²) >= 11 is 0. The molecule has 0 spiro atoms. The Balaban J connectivity index is 1.42. The van der Waals surface area contributed by atoms with E-state index in [1.807, 2.05) is 25.1 Å². The van der Waals surface area contributed by atoms with Crippen molar-refractivity contribution in [2.45, 2.75) is 32.2 Å². The maximum atomic E-state index is 12.6. The van der Waals surface area contributed by atoms with E-state index in [1.165, 1.54) is 0 Å². The molecule has 3 aromatic heterocycles. The molecule has 1 saturated carbocycles. The topological polar surface area (TPSA) is 107 Å². The molecule has 0 saturated heterocycles. The second-order valence-electron chi connectivity index (χ2n) is 6.93. The average Bonchev–Trinajstić information content (AvgIpc) is 3.45. The molecule has 0 radical (unpaired) electrons. The molecule has 1 aromatic carbocycles. The summed E-state index contributed by atoms with van der Waals surface area (Å²) in [6.07, 6.45) is 3.94. The zero-order valence-electron chi connectivity index (χ0n) is 15.2. The molecule has 140 valence electrons. The van der Waals surface area contributed by atoms with E-state index in [1.54, 1.807) is 22.8 Å². The number of rotatable bonds is 4. The van der Waals surface area contributed by atoms with Gasteiger partial charge in [0.1, 0.15) is 6.54 Å². The van der Waals surface area contributed by atoms with E-state index in [-0.39, 0.29) is 18.1 Å². The van der Waals surface area contributed by atoms with Crippen molar-refractivity contribution in [2.75, 3.05) is 5.32 Å². The first-order valence-electron chi connectivity index (χ1n) is 9.08. The summed E-state index contributed by atoms with van der Waals surface area (Å²) < 4.78 is 2.83. The molecule has 1 aliphatic carbocycles. The average molecular weight is 375 g/mol. The number of aryl methyl sites for hydroxylation is 1. The van der Waals surface area contributed by atoms with Crippen LogP contribution >= 0.6 is 0 Å². The van der Waals surface area contributed by atoms with E-state index < -0.39 is 5.91 Å². The molecule has 1 aliphatic rings. The standard InChI is InChI=1S/C19H17N7O2/c1-11-13-4-2-3-5-14(13)17(28)25(23-11)10-16(27)21-18-22-19-20-9-8-15(12-6-7-12)26(19)24-18/h2-5,8-9,12H,6-7,10H2,1H3,(H,21,24,27). The molecule has 4 aromatic rings. The van der Waals surface area contributed by atoms with Gasteiger partial charge in [-0.2, -0.15) is 14.6 Å². The van der Waals surface area contributed by atoms with E-state index in [9.17, 15) is 9.59 Å². The Bertz CT molecular complexity index is 1290. The minimum Gasteiger partial charge on any atom is -0.292 e. The Labute approximate surface area is 159 Å². The molecule has 5 rings (SSSR count). The summed E-state index contributed by atoms with van der Waals surface area (Å²) in [5, 5.41) is 12.6. The molecule has 28 heavy (non-hydrogen) atoms. The lowest BCUT2D eigenvalue weighted by atomic mass is 10.1. The fraction of sp³-hybridized carbons (Fsp3) is 0.263. The fourth-order valence-electron chi connectivity index (χ4n) is 3.36. The van der Waals surface area contributed by atoms with E-state index in [2.05, 4.69) is 25.5 Å². The zero-order valence-corrected chi connectivity index (χ0v) is 15.2. The highest BCUT2D eigenvalue weighted by Gasteiger charge is 2.27. The summed E-state index contributed by atoms with van der Waals surface area (Å²) in [5.74, 6) is 0.653. The first-order valence-corrected chi connectivity index (χ1v) is 9.08. The van der Waals surface area contributed by atoms with Crippen molar-refractivity contribution in [3.63, 3.8) is 0 Å². The second kappa shape index (κ2) is 6.22. The van der Waals surface area contributed by atoms with Crippen LogP contribution in [0.5, 0.6) is 0 Å². The van der Waals surface area contributed by atoms with Gasteiger partial charge in [0.15, 0.2) is 0 Å². The summed E-state index contributed by atoms with van der Waals surface area (Å²) in [7, 11) is 0. The number of nitrogens with zero attached hydrogens (tertiary/aromatic N) is 6. The van der Waals surface area contributed by atoms with Gasteiger partial charge in [0, 0.05) is 17.5 Å². The van der Waals surface area contributed by atoms with Gasteiger partial charge in [-0.1, -0.05) is 18.2 Å². The minimum absolute atomic E-state index is 0.163. The number of hydrogen-bond acceptors (Lipinski definition) is 6. The van der Waals surface area contributed by atoms with Gasteiger partial charge in [-0.15, -0.1) is 5.10 Å². The summed E-state index contributed by atoms with van der Waals surface area (Å²) in [5.41, 5.74) is 1.42. The number of amides is 1. The molecule has 1 fully saturated rings. The van der Waals surface area contributed by atoms with Gasteiger partial charge in [0.2, 0.25) is 5.91 Å². The Morgan fingerprint density at radius 2 is 1.96 bits per heavy atom. The zero-order chi connectivity index (χ0) is 19.3. The first kappa shape index (κ1) is 16.5. The number of hydrogen-bond donors (Lipinski definition) is 1. The predicted molar refractivity (Wildman–Crippen MR) is 102 cm³/mol. The summed E-state index contributed by atoms with van der Waals surface area (Å²) in [6.45, 7) is 1.59. The largest absolute Gasteiger partial charge is 0.292 e. The number of carbonyl (C=O) groups excluding carboxylic acids is 1. The van der Waals surface area contributed by atoms with Gasteiger partial charge in [0.05, 0.1) is 16.8 Å². The second-order valence-corrected chi connectivity index (χ2v) is 6.93. The molecule has 9 nitrogen and oxygen atoms in total. The molecule has 0 bridgehead atoms. The highest BCUT2D eigenvalue weighted by molar-refractivity contribution is 5.89. The Kier molecular flexibility index (Phi) is 3.68. The molecule has 1 N–H and O–H groups in total. The molecule has 3 heterocycles. The minimum atomic E-state index is -0.423. The molecular formula is C19H17N7O2. The van der Waals surface area contributed by atoms with Crippen molar-refractivity contribution >= 4 is 28.4 Å². The van der Waals surface area contributed by atoms with Crippen molar-refractivity contribution in [2.24, 2.45) is 0 Å². The monoisotopic (exact) mass is 375 g/mol. The Hall–Kier alpha value is -3.62. The van der Waals surface area contributed by atoms with Crippen molar-refractivity contribution in [1.82, 2.24) is 29.4 Å². The molecular weight excluding hydrogens is 358 g/mol. The summed E-state index contributed by atoms with van der Waals surface area (Å²) in [6, 6.07) is 9.14. The van der Waals surface area contributed by atoms with E-state index >= 15 is 0 Å². The summed E-state index contributed by atoms with van der Waals surface area (Å²) in [4.78, 5) is 33.5. The number of anilines is 1. The lowest BCUT2D eigenvalue weighted by molar-refractivity contribution is -0.117. The predicted octanol–water partition coefficient (Wildman–Crippen LogP) is 1.66. The van der Waals surface area contributed by atoms with Crippen LogP contribution in [0.15, 0.2) is 41.3 Å². The molecule has 0 unspecified atom stereocenters. The van der Waals surface area contributed by atoms with Crippen LogP contribution in [0, 0.1) is 6.92 Å². The van der Waals surface area contributed by atoms with Gasteiger partial charge in [0.25, 0.3) is 17.3 Å². The van der Waals surface area contributed by atoms with Gasteiger partial charge >= 0.3 is 0 Å². The van der Waals surface area contributed by atoms with Gasteiger partial charge in [-0.3, -0.25) is 14.9 Å². The van der Waals surface area contributed by atoms with E-state index in [4.69, 9.17) is 0 Å². The fourth-order valence-corrected chi connectivity index (χ4v) is 3.36. The number of nitrogens with one attached hydrogen (secondary N) is 1. The molecule has 0 atom stereocenters. The third kappa shape index (κ3) is 2.81. The van der Waals surface area contributed by atoms with Crippen molar-refractivity contribution in [3.8, 4) is 0 Å². The van der Waals surface area contributed by atoms with Crippen LogP contribution in [-0.4, -0.2) is 35.3 Å². The lowest BCUT2D eigenvalue weighted by Gasteiger charge is -2.08. The SMILES string of the molecule is Cc1nn(CC(=O)Nc2nc3nccc(C4CC4)n3n2)c(=O)c2ccccc12. The van der Waals surface area contributed by atoms with Crippen LogP contribution in [0.2, 0.25) is 0 Å². The Morgan fingerprint density at radius 1 is 1.18 bits per heavy atom. The van der Waals surface area contributed by atoms with Crippen LogP contribution in [0.1, 0.15) is 30.1 Å². The lowest BCUT2D eigenvalue weighted by Crippen LogP contribution is -2.30. The number of fused-ring (bicyclic) bond motifs is 2. The molecule has 1 amide bonds. The van der Waals surface area contributed by atoms with Crippen LogP contribution in [0.3, 0.4) is 0 Å². The quantitative estimate of drug-likeness (QED) is 0.581. The molecule has 9 heteroatoms. The maximum Gasteiger partial charge on any atom is 0.275 e. The van der Waals surface area contributed by atoms with Crippen molar-refractivity contribution in [3.05, 3.63) is 58.3 Å². The van der Waals surface area contributed by atoms with E-state index in [0.717, 1.165) is 28.6 Å². The molecule has 0 aliphatic heterocycles. The number of benzene rings is 1. The van der Waals surface area contributed by atoms with Crippen molar-refractivity contribution in [1.29, 1.82) is 0 Å². The smallest absolute Gasteiger partial charge is 0.275 e. The van der Waals surface area contributed by atoms with E-state index in [0.29, 0.717) is 22.8 Å². The van der Waals surface area contributed by atoms with Crippen molar-refractivity contribution < 1.29 is 4.79 Å². The first-order chi connectivity index (χ1) is 13.6. The van der Waals surface area contributed by atoms with Crippen LogP contribution in [-0.2, 0) is 11.3 Å². The van der Waals surface area contributed by atoms with Gasteiger partial charge in [-0.25, -0.2) is 9.67 Å². The van der Waals surface area contributed by atoms with Gasteiger partial charge < -0.3 is 0 Å². The number of carbonyl (C=O) groups is 1. The van der Waals surface area contributed by atoms with Gasteiger partial charge in [-0.05, 0) is 31.9 Å². The Morgan fingerprint density at radius 3 is 2.75 bits per heavy atom. The number of aromatic nitrogens is 6. The normalized spacial score (nSPS) is 13.9. The third-order valence-electron chi connectivity index (χ3n) is 4.86.